The van der Waals surface area contributed by atoms with Gasteiger partial charge >= 0.3 is 0 Å². The van der Waals surface area contributed by atoms with Gasteiger partial charge in [-0.3, -0.25) is 0 Å². The number of hydrogen-bond donors (Lipinski definition) is 0. The van der Waals surface area contributed by atoms with Crippen molar-refractivity contribution in [1.82, 2.24) is 4.57 Å². The van der Waals surface area contributed by atoms with Gasteiger partial charge in [0.25, 0.3) is 0 Å². The Morgan fingerprint density at radius 3 is 2.17 bits per heavy atom. The summed E-state index contributed by atoms with van der Waals surface area (Å²) in [5.74, 6) is -0.570. The minimum atomic E-state index is -0.304. The molecule has 0 aliphatic carbocycles. The molecule has 1 aromatic heterocycles. The van der Waals surface area contributed by atoms with Gasteiger partial charge in [0.2, 0.25) is 0 Å². The Balaban J connectivity index is 2.22. The Labute approximate surface area is 132 Å². The molecular weight excluding hydrogens is 292 g/mol. The summed E-state index contributed by atoms with van der Waals surface area (Å²) in [5, 5.41) is 1.89. The monoisotopic (exact) mass is 307 g/mol. The van der Waals surface area contributed by atoms with Crippen LogP contribution in [0.5, 0.6) is 0 Å². The maximum absolute atomic E-state index is 14.7. The summed E-state index contributed by atoms with van der Waals surface area (Å²) in [7, 11) is 0. The lowest BCUT2D eigenvalue weighted by Crippen LogP contribution is -1.96. The first kappa shape index (κ1) is 13.9. The Kier molecular flexibility index (Phi) is 2.98. The van der Waals surface area contributed by atoms with E-state index in [9.17, 15) is 8.78 Å². The highest BCUT2D eigenvalue weighted by Crippen LogP contribution is 2.34. The van der Waals surface area contributed by atoms with Crippen LogP contribution in [0.25, 0.3) is 27.5 Å². The number of nitrogens with zero attached hydrogens (tertiary/aromatic N) is 1. The van der Waals surface area contributed by atoms with E-state index in [2.05, 4.69) is 6.07 Å². The van der Waals surface area contributed by atoms with Crippen molar-refractivity contribution in [2.75, 3.05) is 0 Å². The average molecular weight is 307 g/mol. The molecule has 4 rings (SSSR count). The smallest absolute Gasteiger partial charge is 0.148 e. The Bertz CT molecular complexity index is 1040. The van der Waals surface area contributed by atoms with Crippen LogP contribution in [-0.2, 0) is 0 Å². The minimum absolute atomic E-state index is 0.266. The SMILES string of the molecule is Cc1ccc2c(c1)c1cc(C)cc(F)c1n2-c1ccc(F)cc1. The van der Waals surface area contributed by atoms with E-state index >= 15 is 0 Å². The summed E-state index contributed by atoms with van der Waals surface area (Å²) < 4.78 is 29.8. The van der Waals surface area contributed by atoms with Gasteiger partial charge in [-0.15, -0.1) is 0 Å². The zero-order valence-corrected chi connectivity index (χ0v) is 12.9. The van der Waals surface area contributed by atoms with Crippen LogP contribution in [0.3, 0.4) is 0 Å². The molecule has 3 heteroatoms. The standard InChI is InChI=1S/C20H15F2N/c1-12-3-8-19-16(9-12)17-10-13(2)11-18(22)20(17)23(19)15-6-4-14(21)5-7-15/h3-11H,1-2H3. The van der Waals surface area contributed by atoms with Crippen LogP contribution in [0.4, 0.5) is 8.78 Å². The van der Waals surface area contributed by atoms with Gasteiger partial charge < -0.3 is 4.57 Å². The lowest BCUT2D eigenvalue weighted by molar-refractivity contribution is 0.627. The molecule has 0 aliphatic heterocycles. The van der Waals surface area contributed by atoms with Crippen molar-refractivity contribution in [3.63, 3.8) is 0 Å². The third-order valence-electron chi connectivity index (χ3n) is 4.20. The van der Waals surface area contributed by atoms with E-state index in [1.165, 1.54) is 18.2 Å². The van der Waals surface area contributed by atoms with E-state index in [0.29, 0.717) is 5.52 Å². The van der Waals surface area contributed by atoms with Gasteiger partial charge in [-0.1, -0.05) is 11.6 Å². The maximum atomic E-state index is 14.7. The molecular formula is C20H15F2N. The highest BCUT2D eigenvalue weighted by atomic mass is 19.1. The molecule has 0 unspecified atom stereocenters. The molecule has 0 atom stereocenters. The number of aromatic nitrogens is 1. The van der Waals surface area contributed by atoms with Crippen LogP contribution in [0.1, 0.15) is 11.1 Å². The molecule has 0 spiro atoms. The van der Waals surface area contributed by atoms with E-state index in [4.69, 9.17) is 0 Å². The second-order valence-corrected chi connectivity index (χ2v) is 5.98. The molecule has 0 saturated carbocycles. The second kappa shape index (κ2) is 4.92. The molecule has 0 saturated heterocycles. The quantitative estimate of drug-likeness (QED) is 0.426. The molecule has 0 amide bonds. The van der Waals surface area contributed by atoms with Crippen LogP contribution < -0.4 is 0 Å². The molecule has 0 radical (unpaired) electrons. The lowest BCUT2D eigenvalue weighted by atomic mass is 10.1. The highest BCUT2D eigenvalue weighted by molar-refractivity contribution is 6.09. The number of benzene rings is 3. The predicted octanol–water partition coefficient (Wildman–Crippen LogP) is 5.68. The fraction of sp³-hybridized carbons (Fsp3) is 0.100. The van der Waals surface area contributed by atoms with Crippen molar-refractivity contribution in [3.8, 4) is 5.69 Å². The number of aryl methyl sites for hydroxylation is 2. The van der Waals surface area contributed by atoms with E-state index in [1.54, 1.807) is 12.1 Å². The molecule has 1 nitrogen and oxygen atoms in total. The molecule has 1 heterocycles. The molecule has 114 valence electrons. The van der Waals surface area contributed by atoms with Gasteiger partial charge in [0.1, 0.15) is 11.6 Å². The summed E-state index contributed by atoms with van der Waals surface area (Å²) in [6.45, 7) is 3.91. The third kappa shape index (κ3) is 2.12. The Morgan fingerprint density at radius 2 is 1.43 bits per heavy atom. The first-order chi connectivity index (χ1) is 11.0. The average Bonchev–Trinajstić information content (AvgIpc) is 2.82. The van der Waals surface area contributed by atoms with Gasteiger partial charge in [0, 0.05) is 16.5 Å². The van der Waals surface area contributed by atoms with Crippen molar-refractivity contribution in [2.45, 2.75) is 13.8 Å². The summed E-state index contributed by atoms with van der Waals surface area (Å²) >= 11 is 0. The minimum Gasteiger partial charge on any atom is -0.307 e. The van der Waals surface area contributed by atoms with Crippen LogP contribution >= 0.6 is 0 Å². The lowest BCUT2D eigenvalue weighted by Gasteiger charge is -2.08. The van der Waals surface area contributed by atoms with Gasteiger partial charge in [-0.25, -0.2) is 8.78 Å². The fourth-order valence-corrected chi connectivity index (χ4v) is 3.21. The molecule has 0 aliphatic rings. The number of fused-ring (bicyclic) bond motifs is 3. The molecule has 0 fully saturated rings. The van der Waals surface area contributed by atoms with E-state index in [1.807, 2.05) is 36.6 Å². The molecule has 23 heavy (non-hydrogen) atoms. The van der Waals surface area contributed by atoms with E-state index in [0.717, 1.165) is 33.1 Å². The third-order valence-corrected chi connectivity index (χ3v) is 4.20. The zero-order chi connectivity index (χ0) is 16.1. The number of hydrogen-bond acceptors (Lipinski definition) is 0. The highest BCUT2D eigenvalue weighted by Gasteiger charge is 2.16. The first-order valence-electron chi connectivity index (χ1n) is 7.51. The normalized spacial score (nSPS) is 11.5. The van der Waals surface area contributed by atoms with E-state index in [-0.39, 0.29) is 11.6 Å². The zero-order valence-electron chi connectivity index (χ0n) is 12.9. The summed E-state index contributed by atoms with van der Waals surface area (Å²) in [4.78, 5) is 0. The van der Waals surface area contributed by atoms with Crippen molar-refractivity contribution in [1.29, 1.82) is 0 Å². The van der Waals surface area contributed by atoms with E-state index < -0.39 is 0 Å². The van der Waals surface area contributed by atoms with Crippen LogP contribution in [0, 0.1) is 25.5 Å². The van der Waals surface area contributed by atoms with Crippen LogP contribution in [0.2, 0.25) is 0 Å². The first-order valence-corrected chi connectivity index (χ1v) is 7.51. The van der Waals surface area contributed by atoms with Crippen LogP contribution in [0.15, 0.2) is 54.6 Å². The Morgan fingerprint density at radius 1 is 0.739 bits per heavy atom. The maximum Gasteiger partial charge on any atom is 0.148 e. The van der Waals surface area contributed by atoms with Crippen molar-refractivity contribution >= 4 is 21.8 Å². The van der Waals surface area contributed by atoms with Crippen LogP contribution in [-0.4, -0.2) is 4.57 Å². The fourth-order valence-electron chi connectivity index (χ4n) is 3.21. The molecule has 0 bridgehead atoms. The van der Waals surface area contributed by atoms with Gasteiger partial charge in [0.15, 0.2) is 0 Å². The molecule has 0 N–H and O–H groups in total. The van der Waals surface area contributed by atoms with Crippen molar-refractivity contribution in [2.24, 2.45) is 0 Å². The molecule has 3 aromatic carbocycles. The number of halogens is 2. The predicted molar refractivity (Wildman–Crippen MR) is 90.2 cm³/mol. The van der Waals surface area contributed by atoms with Gasteiger partial charge in [-0.2, -0.15) is 0 Å². The summed E-state index contributed by atoms with van der Waals surface area (Å²) in [6, 6.07) is 15.7. The summed E-state index contributed by atoms with van der Waals surface area (Å²) in [6.07, 6.45) is 0. The topological polar surface area (TPSA) is 4.93 Å². The Hall–Kier alpha value is -2.68. The van der Waals surface area contributed by atoms with Crippen molar-refractivity contribution < 1.29 is 8.78 Å². The number of rotatable bonds is 1. The van der Waals surface area contributed by atoms with Gasteiger partial charge in [-0.05, 0) is 67.9 Å². The largest absolute Gasteiger partial charge is 0.307 e. The van der Waals surface area contributed by atoms with Crippen molar-refractivity contribution in [3.05, 3.63) is 77.4 Å². The molecule has 4 aromatic rings. The summed E-state index contributed by atoms with van der Waals surface area (Å²) in [5.41, 5.74) is 4.20. The van der Waals surface area contributed by atoms with Gasteiger partial charge in [0.05, 0.1) is 11.0 Å². The second-order valence-electron chi connectivity index (χ2n) is 5.98.